The van der Waals surface area contributed by atoms with Gasteiger partial charge in [-0.3, -0.25) is 14.2 Å². The summed E-state index contributed by atoms with van der Waals surface area (Å²) < 4.78 is 12.6. The first-order valence-electron chi connectivity index (χ1n) is 14.4. The van der Waals surface area contributed by atoms with Crippen LogP contribution in [0, 0.1) is 0 Å². The molecule has 44 heavy (non-hydrogen) atoms. The zero-order chi connectivity index (χ0) is 31.6. The molecule has 0 saturated heterocycles. The summed E-state index contributed by atoms with van der Waals surface area (Å²) in [6.07, 6.45) is 0.105. The number of carbonyl (C=O) groups is 4. The molecule has 2 amide bonds. The van der Waals surface area contributed by atoms with Crippen LogP contribution in [0.5, 0.6) is 0 Å². The molecule has 3 N–H and O–H groups in total. The second-order valence-electron chi connectivity index (χ2n) is 11.8. The molecule has 0 spiro atoms. The maximum Gasteiger partial charge on any atom is 0.419 e. The molecular weight excluding hydrogens is 562 g/mol. The molecule has 1 heterocycles. The van der Waals surface area contributed by atoms with Crippen LogP contribution in [-0.2, 0) is 25.5 Å². The van der Waals surface area contributed by atoms with Gasteiger partial charge in [0.05, 0.1) is 5.52 Å². The Balaban J connectivity index is 1.38. The van der Waals surface area contributed by atoms with Crippen LogP contribution in [0.1, 0.15) is 50.3 Å². The first-order chi connectivity index (χ1) is 20.9. The van der Waals surface area contributed by atoms with Crippen LogP contribution >= 0.6 is 0 Å². The molecule has 1 aliphatic carbocycles. The van der Waals surface area contributed by atoms with Crippen LogP contribution in [0.2, 0.25) is 0 Å². The summed E-state index contributed by atoms with van der Waals surface area (Å²) in [4.78, 5) is 51.0. The molecule has 5 rings (SSSR count). The molecule has 0 unspecified atom stereocenters. The van der Waals surface area contributed by atoms with E-state index < -0.39 is 41.7 Å². The van der Waals surface area contributed by atoms with Gasteiger partial charge in [0.1, 0.15) is 24.3 Å². The Labute approximate surface area is 255 Å². The zero-order valence-electron chi connectivity index (χ0n) is 25.0. The number of para-hydroxylation sites is 1. The van der Waals surface area contributed by atoms with Crippen molar-refractivity contribution < 1.29 is 33.8 Å². The molecule has 2 atom stereocenters. The number of nitrogens with one attached hydrogen (secondary N) is 2. The van der Waals surface area contributed by atoms with Gasteiger partial charge in [0.15, 0.2) is 0 Å². The number of alkyl carbamates (subject to hydrolysis) is 1. The number of hydrogen-bond acceptors (Lipinski definition) is 6. The number of carboxylic acids is 1. The van der Waals surface area contributed by atoms with E-state index in [1.165, 1.54) is 11.5 Å². The van der Waals surface area contributed by atoms with Crippen molar-refractivity contribution in [2.45, 2.75) is 57.7 Å². The van der Waals surface area contributed by atoms with E-state index in [4.69, 9.17) is 9.47 Å². The topological polar surface area (TPSA) is 136 Å². The van der Waals surface area contributed by atoms with Gasteiger partial charge >= 0.3 is 18.2 Å². The number of hydrogen-bond donors (Lipinski definition) is 3. The van der Waals surface area contributed by atoms with Crippen LogP contribution in [0.25, 0.3) is 22.0 Å². The fourth-order valence-electron chi connectivity index (χ4n) is 5.46. The molecule has 228 valence electrons. The quantitative estimate of drug-likeness (QED) is 0.245. The van der Waals surface area contributed by atoms with E-state index in [2.05, 4.69) is 10.6 Å². The van der Waals surface area contributed by atoms with Crippen LogP contribution in [0.3, 0.4) is 0 Å². The third-order valence-electron chi connectivity index (χ3n) is 7.49. The number of nitrogens with zero attached hydrogens (tertiary/aromatic N) is 1. The normalized spacial score (nSPS) is 13.8. The van der Waals surface area contributed by atoms with Crippen LogP contribution in [-0.4, -0.2) is 58.0 Å². The summed E-state index contributed by atoms with van der Waals surface area (Å²) in [7, 11) is 0. The summed E-state index contributed by atoms with van der Waals surface area (Å²) >= 11 is 0. The lowest BCUT2D eigenvalue weighted by molar-refractivity contribution is -0.141. The highest BCUT2D eigenvalue weighted by molar-refractivity contribution is 5.94. The third kappa shape index (κ3) is 6.44. The van der Waals surface area contributed by atoms with E-state index in [0.29, 0.717) is 16.5 Å². The number of aromatic nitrogens is 1. The molecule has 1 aromatic heterocycles. The SMILES string of the molecule is C[C@H](NC(=O)[C@H](Cc1cn(C(=O)OC(C)(C)C)c2ccccc12)NC(=O)OCC1c2ccccc2-c2ccccc21)C(=O)O. The molecule has 10 heteroatoms. The Kier molecular flexibility index (Phi) is 8.44. The maximum atomic E-state index is 13.3. The van der Waals surface area contributed by atoms with Crippen molar-refractivity contribution in [3.05, 3.63) is 95.7 Å². The van der Waals surface area contributed by atoms with Crippen molar-refractivity contribution in [3.63, 3.8) is 0 Å². The van der Waals surface area contributed by atoms with Crippen molar-refractivity contribution in [3.8, 4) is 11.1 Å². The first-order valence-corrected chi connectivity index (χ1v) is 14.4. The number of ether oxygens (including phenoxy) is 2. The third-order valence-corrected chi connectivity index (χ3v) is 7.49. The Bertz CT molecular complexity index is 1690. The van der Waals surface area contributed by atoms with Crippen LogP contribution in [0.15, 0.2) is 79.0 Å². The monoisotopic (exact) mass is 597 g/mol. The van der Waals surface area contributed by atoms with E-state index >= 15 is 0 Å². The first kappa shape index (κ1) is 30.3. The van der Waals surface area contributed by atoms with Gasteiger partial charge < -0.3 is 25.2 Å². The fourth-order valence-corrected chi connectivity index (χ4v) is 5.46. The Morgan fingerprint density at radius 3 is 2.09 bits per heavy atom. The van der Waals surface area contributed by atoms with E-state index in [0.717, 1.165) is 22.3 Å². The van der Waals surface area contributed by atoms with Gasteiger partial charge in [-0.1, -0.05) is 66.7 Å². The van der Waals surface area contributed by atoms with Crippen molar-refractivity contribution in [1.29, 1.82) is 0 Å². The number of carboxylic acid groups (broad SMARTS) is 1. The molecule has 1 aliphatic rings. The Morgan fingerprint density at radius 1 is 0.886 bits per heavy atom. The fraction of sp³-hybridized carbons (Fsp3) is 0.294. The Morgan fingerprint density at radius 2 is 1.48 bits per heavy atom. The van der Waals surface area contributed by atoms with E-state index in [1.54, 1.807) is 51.2 Å². The van der Waals surface area contributed by atoms with Gasteiger partial charge in [0.25, 0.3) is 0 Å². The van der Waals surface area contributed by atoms with E-state index in [1.807, 2.05) is 48.5 Å². The lowest BCUT2D eigenvalue weighted by Crippen LogP contribution is -2.51. The second kappa shape index (κ2) is 12.2. The lowest BCUT2D eigenvalue weighted by atomic mass is 9.98. The summed E-state index contributed by atoms with van der Waals surface area (Å²) in [6, 6.07) is 20.6. The molecule has 0 saturated carbocycles. The number of benzene rings is 3. The summed E-state index contributed by atoms with van der Waals surface area (Å²) in [5.74, 6) is -2.11. The molecule has 3 aromatic carbocycles. The smallest absolute Gasteiger partial charge is 0.419 e. The van der Waals surface area contributed by atoms with Crippen molar-refractivity contribution >= 4 is 35.0 Å². The molecule has 0 bridgehead atoms. The van der Waals surface area contributed by atoms with Crippen LogP contribution < -0.4 is 10.6 Å². The van der Waals surface area contributed by atoms with Crippen molar-refractivity contribution in [1.82, 2.24) is 15.2 Å². The summed E-state index contributed by atoms with van der Waals surface area (Å²) in [5, 5.41) is 15.1. The average molecular weight is 598 g/mol. The van der Waals surface area contributed by atoms with Gasteiger partial charge in [-0.25, -0.2) is 9.59 Å². The summed E-state index contributed by atoms with van der Waals surface area (Å²) in [6.45, 7) is 6.66. The highest BCUT2D eigenvalue weighted by Crippen LogP contribution is 2.44. The van der Waals surface area contributed by atoms with Crippen molar-refractivity contribution in [2.75, 3.05) is 6.61 Å². The zero-order valence-corrected chi connectivity index (χ0v) is 25.0. The van der Waals surface area contributed by atoms with Crippen molar-refractivity contribution in [2.24, 2.45) is 0 Å². The predicted octanol–water partition coefficient (Wildman–Crippen LogP) is 5.46. The molecule has 10 nitrogen and oxygen atoms in total. The maximum absolute atomic E-state index is 13.3. The highest BCUT2D eigenvalue weighted by Gasteiger charge is 2.31. The standard InChI is InChI=1S/C34H35N3O7/c1-20(31(39)40)35-30(38)28(17-21-18-37(33(42)44-34(2,3)4)29-16-10-9-11-22(21)29)36-32(41)43-19-27-25-14-7-5-12-23(25)24-13-6-8-15-26(24)27/h5-16,18,20,27-28H,17,19H2,1-4H3,(H,35,38)(H,36,41)(H,39,40)/t20-,28-/m0/s1. The van der Waals surface area contributed by atoms with E-state index in [9.17, 15) is 24.3 Å². The molecule has 0 radical (unpaired) electrons. The highest BCUT2D eigenvalue weighted by atomic mass is 16.6. The van der Waals surface area contributed by atoms with Crippen LogP contribution in [0.4, 0.5) is 9.59 Å². The average Bonchev–Trinajstić information content (AvgIpc) is 3.50. The lowest BCUT2D eigenvalue weighted by Gasteiger charge is -2.21. The minimum Gasteiger partial charge on any atom is -0.480 e. The predicted molar refractivity (Wildman–Crippen MR) is 165 cm³/mol. The number of amides is 2. The molecule has 4 aromatic rings. The second-order valence-corrected chi connectivity index (χ2v) is 11.8. The van der Waals surface area contributed by atoms with Gasteiger partial charge in [0.2, 0.25) is 5.91 Å². The Hall–Kier alpha value is -5.12. The summed E-state index contributed by atoms with van der Waals surface area (Å²) in [5.41, 5.74) is 4.66. The molecule has 0 fully saturated rings. The van der Waals surface area contributed by atoms with Gasteiger partial charge in [0, 0.05) is 23.9 Å². The van der Waals surface area contributed by atoms with Gasteiger partial charge in [-0.15, -0.1) is 0 Å². The number of aliphatic carboxylic acids is 1. The molecule has 0 aliphatic heterocycles. The number of carbonyl (C=O) groups excluding carboxylic acids is 3. The van der Waals surface area contributed by atoms with Gasteiger partial charge in [-0.2, -0.15) is 0 Å². The largest absolute Gasteiger partial charge is 0.480 e. The number of rotatable bonds is 8. The minimum absolute atomic E-state index is 0.0394. The molecular formula is C34H35N3O7. The van der Waals surface area contributed by atoms with E-state index in [-0.39, 0.29) is 18.9 Å². The van der Waals surface area contributed by atoms with Gasteiger partial charge in [-0.05, 0) is 61.6 Å². The number of fused-ring (bicyclic) bond motifs is 4. The minimum atomic E-state index is -1.22.